The fourth-order valence-electron chi connectivity index (χ4n) is 1.94. The molecule has 0 saturated heterocycles. The second-order valence-corrected chi connectivity index (χ2v) is 5.23. The summed E-state index contributed by atoms with van der Waals surface area (Å²) in [4.78, 5) is 10.7. The van der Waals surface area contributed by atoms with Gasteiger partial charge in [0.2, 0.25) is 0 Å². The highest BCUT2D eigenvalue weighted by atomic mass is 79.9. The maximum absolute atomic E-state index is 11.1. The third-order valence-electron chi connectivity index (χ3n) is 2.90. The molecule has 0 heterocycles. The van der Waals surface area contributed by atoms with Gasteiger partial charge in [-0.1, -0.05) is 34.1 Å². The molecule has 0 bridgehead atoms. The first-order valence-electron chi connectivity index (χ1n) is 6.50. The van der Waals surface area contributed by atoms with Crippen LogP contribution >= 0.6 is 15.9 Å². The molecule has 0 atom stereocenters. The average molecular weight is 351 g/mol. The van der Waals surface area contributed by atoms with Crippen molar-refractivity contribution in [2.75, 3.05) is 11.9 Å². The molecule has 110 valence electrons. The molecule has 2 aromatic carbocycles. The van der Waals surface area contributed by atoms with Gasteiger partial charge in [0.25, 0.3) is 5.69 Å². The molecule has 0 saturated carbocycles. The summed E-state index contributed by atoms with van der Waals surface area (Å²) in [5.41, 5.74) is 1.48. The van der Waals surface area contributed by atoms with E-state index < -0.39 is 4.92 Å². The van der Waals surface area contributed by atoms with Crippen LogP contribution < -0.4 is 10.1 Å². The van der Waals surface area contributed by atoms with Crippen LogP contribution in [0.15, 0.2) is 46.9 Å². The van der Waals surface area contributed by atoms with Crippen LogP contribution in [-0.4, -0.2) is 11.5 Å². The summed E-state index contributed by atoms with van der Waals surface area (Å²) in [7, 11) is 0. The van der Waals surface area contributed by atoms with Crippen molar-refractivity contribution in [3.63, 3.8) is 0 Å². The Morgan fingerprint density at radius 2 is 2.05 bits per heavy atom. The molecule has 0 aliphatic rings. The molecule has 0 amide bonds. The summed E-state index contributed by atoms with van der Waals surface area (Å²) in [6.07, 6.45) is 0. The van der Waals surface area contributed by atoms with Crippen LogP contribution in [0.1, 0.15) is 12.5 Å². The molecule has 0 fully saturated rings. The standard InChI is InChI=1S/C15H15BrN2O3/c1-2-21-15-6-4-3-5-11(15)10-17-13-8-7-12(16)9-14(13)18(19)20/h3-9,17H,2,10H2,1H3. The highest BCUT2D eigenvalue weighted by molar-refractivity contribution is 9.10. The number of halogens is 1. The van der Waals surface area contributed by atoms with Crippen molar-refractivity contribution < 1.29 is 9.66 Å². The van der Waals surface area contributed by atoms with E-state index in [1.54, 1.807) is 12.1 Å². The van der Waals surface area contributed by atoms with Crippen molar-refractivity contribution in [3.8, 4) is 5.75 Å². The number of nitrogens with zero attached hydrogens (tertiary/aromatic N) is 1. The van der Waals surface area contributed by atoms with Crippen LogP contribution in [0.25, 0.3) is 0 Å². The van der Waals surface area contributed by atoms with Gasteiger partial charge in [0.1, 0.15) is 11.4 Å². The van der Waals surface area contributed by atoms with Gasteiger partial charge in [-0.2, -0.15) is 0 Å². The quantitative estimate of drug-likeness (QED) is 0.620. The monoisotopic (exact) mass is 350 g/mol. The molecule has 2 aromatic rings. The Kier molecular flexibility index (Phi) is 5.16. The van der Waals surface area contributed by atoms with E-state index in [4.69, 9.17) is 4.74 Å². The summed E-state index contributed by atoms with van der Waals surface area (Å²) >= 11 is 3.24. The number of para-hydroxylation sites is 1. The van der Waals surface area contributed by atoms with Crippen LogP contribution in [0, 0.1) is 10.1 Å². The topological polar surface area (TPSA) is 64.4 Å². The SMILES string of the molecule is CCOc1ccccc1CNc1ccc(Br)cc1[N+](=O)[O-]. The fourth-order valence-corrected chi connectivity index (χ4v) is 2.29. The van der Waals surface area contributed by atoms with Gasteiger partial charge in [0.15, 0.2) is 0 Å². The molecule has 0 spiro atoms. The number of ether oxygens (including phenoxy) is 1. The predicted molar refractivity (Wildman–Crippen MR) is 85.7 cm³/mol. The molecule has 5 nitrogen and oxygen atoms in total. The van der Waals surface area contributed by atoms with E-state index in [-0.39, 0.29) is 5.69 Å². The predicted octanol–water partition coefficient (Wildman–Crippen LogP) is 4.37. The summed E-state index contributed by atoms with van der Waals surface area (Å²) in [6, 6.07) is 12.6. The van der Waals surface area contributed by atoms with Crippen molar-refractivity contribution >= 4 is 27.3 Å². The number of rotatable bonds is 6. The number of hydrogen-bond acceptors (Lipinski definition) is 4. The van der Waals surface area contributed by atoms with Gasteiger partial charge >= 0.3 is 0 Å². The number of nitro benzene ring substituents is 1. The average Bonchev–Trinajstić information content (AvgIpc) is 2.47. The van der Waals surface area contributed by atoms with E-state index in [9.17, 15) is 10.1 Å². The van der Waals surface area contributed by atoms with Gasteiger partial charge in [-0.25, -0.2) is 0 Å². The van der Waals surface area contributed by atoms with Crippen LogP contribution in [0.2, 0.25) is 0 Å². The van der Waals surface area contributed by atoms with Crippen molar-refractivity contribution in [1.29, 1.82) is 0 Å². The van der Waals surface area contributed by atoms with Crippen LogP contribution in [0.4, 0.5) is 11.4 Å². The third-order valence-corrected chi connectivity index (χ3v) is 3.39. The lowest BCUT2D eigenvalue weighted by atomic mass is 10.2. The van der Waals surface area contributed by atoms with E-state index in [1.807, 2.05) is 31.2 Å². The summed E-state index contributed by atoms with van der Waals surface area (Å²) < 4.78 is 6.22. The Labute approximate surface area is 131 Å². The van der Waals surface area contributed by atoms with Crippen molar-refractivity contribution in [2.24, 2.45) is 0 Å². The van der Waals surface area contributed by atoms with Gasteiger partial charge in [0.05, 0.1) is 11.5 Å². The first-order valence-corrected chi connectivity index (χ1v) is 7.29. The zero-order valence-electron chi connectivity index (χ0n) is 11.5. The molecule has 21 heavy (non-hydrogen) atoms. The summed E-state index contributed by atoms with van der Waals surface area (Å²) in [5, 5.41) is 14.2. The van der Waals surface area contributed by atoms with E-state index >= 15 is 0 Å². The number of hydrogen-bond donors (Lipinski definition) is 1. The second-order valence-electron chi connectivity index (χ2n) is 4.31. The molecule has 0 aromatic heterocycles. The first kappa shape index (κ1) is 15.3. The minimum absolute atomic E-state index is 0.0401. The number of anilines is 1. The Balaban J connectivity index is 2.19. The number of nitro groups is 1. The number of nitrogens with one attached hydrogen (secondary N) is 1. The lowest BCUT2D eigenvalue weighted by Gasteiger charge is -2.12. The van der Waals surface area contributed by atoms with Gasteiger partial charge in [-0.15, -0.1) is 0 Å². The van der Waals surface area contributed by atoms with Crippen LogP contribution in [-0.2, 0) is 6.54 Å². The lowest BCUT2D eigenvalue weighted by molar-refractivity contribution is -0.384. The summed E-state index contributed by atoms with van der Waals surface area (Å²) in [5.74, 6) is 0.785. The molecule has 6 heteroatoms. The molecule has 0 aliphatic heterocycles. The van der Waals surface area contributed by atoms with Crippen LogP contribution in [0.5, 0.6) is 5.75 Å². The highest BCUT2D eigenvalue weighted by Crippen LogP contribution is 2.29. The highest BCUT2D eigenvalue weighted by Gasteiger charge is 2.14. The maximum atomic E-state index is 11.1. The van der Waals surface area contributed by atoms with Crippen molar-refractivity contribution in [1.82, 2.24) is 0 Å². The molecule has 0 unspecified atom stereocenters. The fraction of sp³-hybridized carbons (Fsp3) is 0.200. The molecule has 0 aliphatic carbocycles. The largest absolute Gasteiger partial charge is 0.494 e. The molecular formula is C15H15BrN2O3. The number of benzene rings is 2. The third kappa shape index (κ3) is 3.95. The lowest BCUT2D eigenvalue weighted by Crippen LogP contribution is -2.05. The summed E-state index contributed by atoms with van der Waals surface area (Å²) in [6.45, 7) is 2.96. The first-order chi connectivity index (χ1) is 10.1. The maximum Gasteiger partial charge on any atom is 0.293 e. The van der Waals surface area contributed by atoms with E-state index in [1.165, 1.54) is 6.07 Å². The normalized spacial score (nSPS) is 10.2. The van der Waals surface area contributed by atoms with Gasteiger partial charge in [-0.3, -0.25) is 10.1 Å². The Hall–Kier alpha value is -2.08. The van der Waals surface area contributed by atoms with Crippen LogP contribution in [0.3, 0.4) is 0 Å². The van der Waals surface area contributed by atoms with Crippen molar-refractivity contribution in [3.05, 3.63) is 62.6 Å². The Bertz CT molecular complexity index is 647. The van der Waals surface area contributed by atoms with Crippen molar-refractivity contribution in [2.45, 2.75) is 13.5 Å². The minimum Gasteiger partial charge on any atom is -0.494 e. The second kappa shape index (κ2) is 7.08. The van der Waals surface area contributed by atoms with Gasteiger partial charge < -0.3 is 10.1 Å². The van der Waals surface area contributed by atoms with Gasteiger partial charge in [-0.05, 0) is 25.1 Å². The Morgan fingerprint density at radius 1 is 1.29 bits per heavy atom. The molecular weight excluding hydrogens is 336 g/mol. The molecule has 1 N–H and O–H groups in total. The van der Waals surface area contributed by atoms with E-state index in [0.29, 0.717) is 23.3 Å². The Morgan fingerprint density at radius 3 is 2.76 bits per heavy atom. The molecule has 2 rings (SSSR count). The van der Waals surface area contributed by atoms with Gasteiger partial charge in [0, 0.05) is 22.6 Å². The minimum atomic E-state index is -0.401. The zero-order chi connectivity index (χ0) is 15.2. The zero-order valence-corrected chi connectivity index (χ0v) is 13.1. The van der Waals surface area contributed by atoms with E-state index in [0.717, 1.165) is 11.3 Å². The van der Waals surface area contributed by atoms with E-state index in [2.05, 4.69) is 21.2 Å². The smallest absolute Gasteiger partial charge is 0.293 e. The molecule has 0 radical (unpaired) electrons.